The molecule has 0 amide bonds. The Morgan fingerprint density at radius 3 is 2.43 bits per heavy atom. The van der Waals surface area contributed by atoms with Crippen molar-refractivity contribution in [3.8, 4) is 0 Å². The molecule has 0 atom stereocenters. The van der Waals surface area contributed by atoms with Crippen LogP contribution in [0.3, 0.4) is 0 Å². The lowest BCUT2D eigenvalue weighted by atomic mass is 9.87. The molecule has 1 aliphatic rings. The van der Waals surface area contributed by atoms with Crippen LogP contribution in [-0.4, -0.2) is 39.1 Å². The second kappa shape index (κ2) is 6.61. The van der Waals surface area contributed by atoms with Crippen LogP contribution in [0.1, 0.15) is 69.9 Å². The van der Waals surface area contributed by atoms with Crippen LogP contribution in [0.4, 0.5) is 0 Å². The molecule has 1 saturated carbocycles. The van der Waals surface area contributed by atoms with E-state index in [1.54, 1.807) is 6.20 Å². The minimum absolute atomic E-state index is 0.186. The fourth-order valence-corrected chi connectivity index (χ4v) is 4.09. The Balaban J connectivity index is 2.47. The summed E-state index contributed by atoms with van der Waals surface area (Å²) in [5, 5.41) is 4.38. The second-order valence-electron chi connectivity index (χ2n) is 6.12. The van der Waals surface area contributed by atoms with Crippen molar-refractivity contribution in [2.24, 2.45) is 0 Å². The summed E-state index contributed by atoms with van der Waals surface area (Å²) in [5.74, 6) is 0.238. The van der Waals surface area contributed by atoms with Crippen molar-refractivity contribution in [1.29, 1.82) is 0 Å². The third-order valence-electron chi connectivity index (χ3n) is 4.68. The van der Waals surface area contributed by atoms with Crippen LogP contribution in [0.2, 0.25) is 0 Å². The first-order chi connectivity index (χ1) is 9.97. The molecule has 5 heteroatoms. The zero-order valence-corrected chi connectivity index (χ0v) is 15.1. The molecule has 1 aromatic heterocycles. The SMILES string of the molecule is CCN(CC)C1(C(=O)c2c(Br)cnn2C(C)C)CCCC1. The van der Waals surface area contributed by atoms with Gasteiger partial charge in [0.2, 0.25) is 5.78 Å². The number of carbonyl (C=O) groups is 1. The number of hydrogen-bond donors (Lipinski definition) is 0. The van der Waals surface area contributed by atoms with E-state index in [9.17, 15) is 4.79 Å². The van der Waals surface area contributed by atoms with Crippen molar-refractivity contribution < 1.29 is 4.79 Å². The average molecular weight is 356 g/mol. The molecule has 2 rings (SSSR count). The number of nitrogens with zero attached hydrogens (tertiary/aromatic N) is 3. The molecule has 0 spiro atoms. The number of ketones is 1. The highest BCUT2D eigenvalue weighted by Gasteiger charge is 2.47. The van der Waals surface area contributed by atoms with Crippen molar-refractivity contribution >= 4 is 21.7 Å². The van der Waals surface area contributed by atoms with Gasteiger partial charge in [-0.3, -0.25) is 14.4 Å². The monoisotopic (exact) mass is 355 g/mol. The molecule has 1 fully saturated rings. The number of rotatable bonds is 6. The standard InChI is InChI=1S/C16H26BrN3O/c1-5-19(6-2)16(9-7-8-10-16)15(21)14-13(17)11-18-20(14)12(3)4/h11-12H,5-10H2,1-4H3. The van der Waals surface area contributed by atoms with E-state index in [1.165, 1.54) is 0 Å². The Morgan fingerprint density at radius 1 is 1.38 bits per heavy atom. The van der Waals surface area contributed by atoms with Gasteiger partial charge in [0.1, 0.15) is 5.69 Å². The van der Waals surface area contributed by atoms with Crippen LogP contribution < -0.4 is 0 Å². The number of hydrogen-bond acceptors (Lipinski definition) is 3. The van der Waals surface area contributed by atoms with Gasteiger partial charge in [0, 0.05) is 6.04 Å². The van der Waals surface area contributed by atoms with E-state index in [2.05, 4.69) is 53.6 Å². The minimum Gasteiger partial charge on any atom is -0.291 e. The van der Waals surface area contributed by atoms with Crippen LogP contribution in [0.5, 0.6) is 0 Å². The first-order valence-corrected chi connectivity index (χ1v) is 8.80. The normalized spacial score (nSPS) is 17.9. The van der Waals surface area contributed by atoms with Gasteiger partial charge in [0.15, 0.2) is 0 Å². The second-order valence-corrected chi connectivity index (χ2v) is 6.97. The van der Waals surface area contributed by atoms with Crippen molar-refractivity contribution in [3.05, 3.63) is 16.4 Å². The van der Waals surface area contributed by atoms with Gasteiger partial charge < -0.3 is 0 Å². The van der Waals surface area contributed by atoms with Crippen molar-refractivity contribution in [1.82, 2.24) is 14.7 Å². The Morgan fingerprint density at radius 2 is 1.95 bits per heavy atom. The predicted octanol–water partition coefficient (Wildman–Crippen LogP) is 4.06. The number of carbonyl (C=O) groups excluding carboxylic acids is 1. The molecular formula is C16H26BrN3O. The van der Waals surface area contributed by atoms with Gasteiger partial charge in [-0.2, -0.15) is 5.10 Å². The van der Waals surface area contributed by atoms with E-state index in [1.807, 2.05) is 4.68 Å². The van der Waals surface area contributed by atoms with Crippen molar-refractivity contribution in [3.63, 3.8) is 0 Å². The van der Waals surface area contributed by atoms with E-state index in [0.717, 1.165) is 48.9 Å². The number of halogens is 1. The molecule has 0 unspecified atom stereocenters. The van der Waals surface area contributed by atoms with E-state index in [4.69, 9.17) is 0 Å². The van der Waals surface area contributed by atoms with E-state index in [0.29, 0.717) is 0 Å². The topological polar surface area (TPSA) is 38.1 Å². The number of likely N-dealkylation sites (N-methyl/N-ethyl adjacent to an activating group) is 1. The molecule has 0 radical (unpaired) electrons. The fourth-order valence-electron chi connectivity index (χ4n) is 3.64. The molecule has 0 bridgehead atoms. The summed E-state index contributed by atoms with van der Waals surface area (Å²) < 4.78 is 2.68. The molecule has 0 N–H and O–H groups in total. The molecular weight excluding hydrogens is 330 g/mol. The minimum atomic E-state index is -0.335. The summed E-state index contributed by atoms with van der Waals surface area (Å²) in [5.41, 5.74) is 0.400. The Hall–Kier alpha value is -0.680. The highest BCUT2D eigenvalue weighted by Crippen LogP contribution is 2.39. The molecule has 1 aliphatic carbocycles. The van der Waals surface area contributed by atoms with Gasteiger partial charge in [-0.05, 0) is 55.7 Å². The van der Waals surface area contributed by atoms with Crippen molar-refractivity contribution in [2.75, 3.05) is 13.1 Å². The number of aromatic nitrogens is 2. The third-order valence-corrected chi connectivity index (χ3v) is 5.26. The Labute approximate surface area is 136 Å². The lowest BCUT2D eigenvalue weighted by Gasteiger charge is -2.39. The molecule has 0 saturated heterocycles. The molecule has 0 aromatic carbocycles. The van der Waals surface area contributed by atoms with Crippen LogP contribution in [0.15, 0.2) is 10.7 Å². The summed E-state index contributed by atoms with van der Waals surface area (Å²) in [6.45, 7) is 10.2. The fraction of sp³-hybridized carbons (Fsp3) is 0.750. The molecule has 1 heterocycles. The molecule has 1 aromatic rings. The predicted molar refractivity (Wildman–Crippen MR) is 88.8 cm³/mol. The molecule has 21 heavy (non-hydrogen) atoms. The smallest absolute Gasteiger partial charge is 0.202 e. The third kappa shape index (κ3) is 2.82. The maximum Gasteiger partial charge on any atom is 0.202 e. The summed E-state index contributed by atoms with van der Waals surface area (Å²) in [6.07, 6.45) is 5.94. The van der Waals surface area contributed by atoms with Gasteiger partial charge in [0.25, 0.3) is 0 Å². The number of Topliss-reactive ketones (excluding diaryl/α,β-unsaturated/α-hetero) is 1. The van der Waals surface area contributed by atoms with E-state index in [-0.39, 0.29) is 17.4 Å². The van der Waals surface area contributed by atoms with Crippen molar-refractivity contribution in [2.45, 2.75) is 65.0 Å². The summed E-state index contributed by atoms with van der Waals surface area (Å²) in [6, 6.07) is 0.186. The summed E-state index contributed by atoms with van der Waals surface area (Å²) in [4.78, 5) is 15.7. The Kier molecular flexibility index (Phi) is 5.25. The first kappa shape index (κ1) is 16.7. The van der Waals surface area contributed by atoms with E-state index >= 15 is 0 Å². The molecule has 4 nitrogen and oxygen atoms in total. The zero-order valence-electron chi connectivity index (χ0n) is 13.5. The quantitative estimate of drug-likeness (QED) is 0.722. The maximum atomic E-state index is 13.4. The highest BCUT2D eigenvalue weighted by atomic mass is 79.9. The van der Waals surface area contributed by atoms with E-state index < -0.39 is 0 Å². The average Bonchev–Trinajstić information content (AvgIpc) is 3.07. The van der Waals surface area contributed by atoms with Crippen LogP contribution in [-0.2, 0) is 0 Å². The van der Waals surface area contributed by atoms with Crippen LogP contribution in [0, 0.1) is 0 Å². The maximum absolute atomic E-state index is 13.4. The van der Waals surface area contributed by atoms with Crippen LogP contribution in [0.25, 0.3) is 0 Å². The molecule has 0 aliphatic heterocycles. The largest absolute Gasteiger partial charge is 0.291 e. The van der Waals surface area contributed by atoms with Gasteiger partial charge in [-0.25, -0.2) is 0 Å². The van der Waals surface area contributed by atoms with Gasteiger partial charge in [-0.1, -0.05) is 26.7 Å². The van der Waals surface area contributed by atoms with Crippen LogP contribution >= 0.6 is 15.9 Å². The summed E-state index contributed by atoms with van der Waals surface area (Å²) in [7, 11) is 0. The lowest BCUT2D eigenvalue weighted by molar-refractivity contribution is 0.0570. The Bertz CT molecular complexity index is 500. The summed E-state index contributed by atoms with van der Waals surface area (Å²) >= 11 is 3.53. The van der Waals surface area contributed by atoms with Gasteiger partial charge in [0.05, 0.1) is 16.2 Å². The van der Waals surface area contributed by atoms with Gasteiger partial charge in [-0.15, -0.1) is 0 Å². The highest BCUT2D eigenvalue weighted by molar-refractivity contribution is 9.10. The molecule has 118 valence electrons. The lowest BCUT2D eigenvalue weighted by Crippen LogP contribution is -2.53. The zero-order chi connectivity index (χ0) is 15.6. The first-order valence-electron chi connectivity index (χ1n) is 8.00. The van der Waals surface area contributed by atoms with Gasteiger partial charge >= 0.3 is 0 Å².